The first-order valence-electron chi connectivity index (χ1n) is 8.83. The molecule has 4 aromatic rings. The van der Waals surface area contributed by atoms with Gasteiger partial charge >= 0.3 is 0 Å². The number of hydrogen-bond acceptors (Lipinski definition) is 5. The van der Waals surface area contributed by atoms with Crippen molar-refractivity contribution < 1.29 is 14.3 Å². The van der Waals surface area contributed by atoms with Crippen molar-refractivity contribution in [2.45, 2.75) is 6.42 Å². The Hall–Kier alpha value is -3.58. The van der Waals surface area contributed by atoms with Crippen LogP contribution < -0.4 is 5.32 Å². The van der Waals surface area contributed by atoms with E-state index < -0.39 is 0 Å². The Morgan fingerprint density at radius 1 is 1.07 bits per heavy atom. The molecule has 2 heterocycles. The highest BCUT2D eigenvalue weighted by molar-refractivity contribution is 7.13. The monoisotopic (exact) mass is 405 g/mol. The average molecular weight is 405 g/mol. The number of nitrogens with one attached hydrogen (secondary N) is 1. The lowest BCUT2D eigenvalue weighted by molar-refractivity contribution is -0.115. The number of phenolic OH excluding ortho intramolecular Hbond substituents is 1. The Labute approximate surface area is 170 Å². The molecule has 0 aliphatic heterocycles. The number of anilines is 1. The number of halogens is 1. The smallest absolute Gasteiger partial charge is 0.230 e. The minimum absolute atomic E-state index is 0.144. The molecule has 0 bridgehead atoms. The maximum absolute atomic E-state index is 13.2. The molecule has 0 spiro atoms. The second kappa shape index (κ2) is 8.20. The summed E-state index contributed by atoms with van der Waals surface area (Å²) >= 11 is 1.49. The van der Waals surface area contributed by atoms with Crippen LogP contribution in [0.2, 0.25) is 0 Å². The zero-order valence-corrected chi connectivity index (χ0v) is 16.0. The number of phenols is 1. The number of carbonyl (C=O) groups excluding carboxylic acids is 1. The molecular formula is C22H16FN3O2S. The fraction of sp³-hybridized carbons (Fsp3) is 0.0455. The summed E-state index contributed by atoms with van der Waals surface area (Å²) in [5.74, 6) is -0.0471. The summed E-state index contributed by atoms with van der Waals surface area (Å²) in [5.41, 5.74) is 2.65. The van der Waals surface area contributed by atoms with E-state index in [1.165, 1.54) is 35.6 Å². The summed E-state index contributed by atoms with van der Waals surface area (Å²) in [4.78, 5) is 22.4. The van der Waals surface area contributed by atoms with Crippen LogP contribution in [-0.4, -0.2) is 21.0 Å². The minimum atomic E-state index is -0.321. The highest BCUT2D eigenvalue weighted by atomic mass is 32.1. The van der Waals surface area contributed by atoms with Gasteiger partial charge in [0.2, 0.25) is 5.91 Å². The second-order valence-corrected chi connectivity index (χ2v) is 7.28. The van der Waals surface area contributed by atoms with E-state index in [9.17, 15) is 14.3 Å². The number of aromatic nitrogens is 2. The van der Waals surface area contributed by atoms with Crippen molar-refractivity contribution in [3.05, 3.63) is 83.6 Å². The van der Waals surface area contributed by atoms with Gasteiger partial charge in [0.25, 0.3) is 0 Å². The van der Waals surface area contributed by atoms with Crippen LogP contribution in [0.25, 0.3) is 21.8 Å². The van der Waals surface area contributed by atoms with Crippen molar-refractivity contribution >= 4 is 23.1 Å². The maximum atomic E-state index is 13.2. The predicted molar refractivity (Wildman–Crippen MR) is 111 cm³/mol. The van der Waals surface area contributed by atoms with Crippen LogP contribution in [-0.2, 0) is 11.2 Å². The third-order valence-electron chi connectivity index (χ3n) is 4.23. The van der Waals surface area contributed by atoms with Crippen molar-refractivity contribution in [1.82, 2.24) is 9.97 Å². The fourth-order valence-electron chi connectivity index (χ4n) is 2.80. The summed E-state index contributed by atoms with van der Waals surface area (Å²) < 4.78 is 13.2. The molecule has 7 heteroatoms. The largest absolute Gasteiger partial charge is 0.508 e. The maximum Gasteiger partial charge on any atom is 0.230 e. The van der Waals surface area contributed by atoms with Gasteiger partial charge < -0.3 is 10.4 Å². The van der Waals surface area contributed by atoms with Crippen LogP contribution in [0.5, 0.6) is 5.75 Å². The van der Waals surface area contributed by atoms with E-state index >= 15 is 0 Å². The molecule has 0 radical (unpaired) electrons. The zero-order valence-electron chi connectivity index (χ0n) is 15.2. The second-order valence-electron chi connectivity index (χ2n) is 6.33. The SMILES string of the molecule is O=C(Cc1ccc(O)cc1)Nc1ncc(-c2ccc(F)cc2)nc1-c1cccs1. The predicted octanol–water partition coefficient (Wildman–Crippen LogP) is 4.90. The van der Waals surface area contributed by atoms with Gasteiger partial charge in [-0.2, -0.15) is 0 Å². The normalized spacial score (nSPS) is 10.7. The Bertz CT molecular complexity index is 1130. The van der Waals surface area contributed by atoms with Gasteiger partial charge in [-0.05, 0) is 53.4 Å². The summed E-state index contributed by atoms with van der Waals surface area (Å²) in [6.45, 7) is 0. The minimum Gasteiger partial charge on any atom is -0.508 e. The van der Waals surface area contributed by atoms with Gasteiger partial charge in [0.05, 0.1) is 23.2 Å². The van der Waals surface area contributed by atoms with Crippen LogP contribution in [0.15, 0.2) is 72.2 Å². The summed E-state index contributed by atoms with van der Waals surface area (Å²) in [5, 5.41) is 14.1. The van der Waals surface area contributed by atoms with Crippen molar-refractivity contribution in [2.75, 3.05) is 5.32 Å². The number of amides is 1. The van der Waals surface area contributed by atoms with Gasteiger partial charge in [0.15, 0.2) is 5.82 Å². The van der Waals surface area contributed by atoms with Crippen LogP contribution >= 0.6 is 11.3 Å². The van der Waals surface area contributed by atoms with E-state index in [0.29, 0.717) is 17.2 Å². The number of benzene rings is 2. The van der Waals surface area contributed by atoms with Crippen LogP contribution in [0.1, 0.15) is 5.56 Å². The van der Waals surface area contributed by atoms with Gasteiger partial charge in [-0.1, -0.05) is 18.2 Å². The highest BCUT2D eigenvalue weighted by Gasteiger charge is 2.15. The lowest BCUT2D eigenvalue weighted by Gasteiger charge is -2.11. The van der Waals surface area contributed by atoms with E-state index in [4.69, 9.17) is 0 Å². The van der Waals surface area contributed by atoms with Crippen molar-refractivity contribution in [3.8, 4) is 27.6 Å². The van der Waals surface area contributed by atoms with Crippen LogP contribution in [0, 0.1) is 5.82 Å². The van der Waals surface area contributed by atoms with Crippen molar-refractivity contribution in [1.29, 1.82) is 0 Å². The summed E-state index contributed by atoms with van der Waals surface area (Å²) in [7, 11) is 0. The zero-order chi connectivity index (χ0) is 20.2. The molecular weight excluding hydrogens is 389 g/mol. The van der Waals surface area contributed by atoms with E-state index in [1.807, 2.05) is 17.5 Å². The first-order chi connectivity index (χ1) is 14.1. The molecule has 2 aromatic heterocycles. The Balaban J connectivity index is 1.62. The Morgan fingerprint density at radius 3 is 2.52 bits per heavy atom. The number of aromatic hydroxyl groups is 1. The van der Waals surface area contributed by atoms with Crippen molar-refractivity contribution in [3.63, 3.8) is 0 Å². The molecule has 1 amide bonds. The molecule has 2 N–H and O–H groups in total. The Morgan fingerprint density at radius 2 is 1.83 bits per heavy atom. The number of thiophene rings is 1. The molecule has 0 unspecified atom stereocenters. The quantitative estimate of drug-likeness (QED) is 0.495. The molecule has 4 rings (SSSR count). The van der Waals surface area contributed by atoms with E-state index in [1.54, 1.807) is 30.5 Å². The first-order valence-corrected chi connectivity index (χ1v) is 9.71. The Kier molecular flexibility index (Phi) is 5.31. The molecule has 29 heavy (non-hydrogen) atoms. The molecule has 0 saturated heterocycles. The van der Waals surface area contributed by atoms with Gasteiger partial charge in [-0.25, -0.2) is 14.4 Å². The van der Waals surface area contributed by atoms with E-state index in [-0.39, 0.29) is 23.9 Å². The molecule has 5 nitrogen and oxygen atoms in total. The average Bonchev–Trinajstić information content (AvgIpc) is 3.25. The fourth-order valence-corrected chi connectivity index (χ4v) is 3.52. The van der Waals surface area contributed by atoms with Gasteiger partial charge in [0, 0.05) is 5.56 Å². The molecule has 0 atom stereocenters. The van der Waals surface area contributed by atoms with Gasteiger partial charge in [-0.15, -0.1) is 11.3 Å². The summed E-state index contributed by atoms with van der Waals surface area (Å²) in [6.07, 6.45) is 1.70. The topological polar surface area (TPSA) is 75.1 Å². The third kappa shape index (κ3) is 4.47. The molecule has 0 saturated carbocycles. The molecule has 2 aromatic carbocycles. The van der Waals surface area contributed by atoms with Crippen molar-refractivity contribution in [2.24, 2.45) is 0 Å². The van der Waals surface area contributed by atoms with E-state index in [2.05, 4.69) is 15.3 Å². The van der Waals surface area contributed by atoms with Crippen LogP contribution in [0.4, 0.5) is 10.2 Å². The summed E-state index contributed by atoms with van der Waals surface area (Å²) in [6, 6.07) is 16.3. The molecule has 144 valence electrons. The molecule has 0 fully saturated rings. The first kappa shape index (κ1) is 18.8. The number of carbonyl (C=O) groups is 1. The number of nitrogens with zero attached hydrogens (tertiary/aromatic N) is 2. The lowest BCUT2D eigenvalue weighted by Crippen LogP contribution is -2.16. The number of hydrogen-bond donors (Lipinski definition) is 2. The van der Waals surface area contributed by atoms with Crippen LogP contribution in [0.3, 0.4) is 0 Å². The highest BCUT2D eigenvalue weighted by Crippen LogP contribution is 2.31. The third-order valence-corrected chi connectivity index (χ3v) is 5.10. The molecule has 0 aliphatic rings. The van der Waals surface area contributed by atoms with Gasteiger partial charge in [-0.3, -0.25) is 4.79 Å². The lowest BCUT2D eigenvalue weighted by atomic mass is 10.1. The molecule has 0 aliphatic carbocycles. The number of rotatable bonds is 5. The van der Waals surface area contributed by atoms with E-state index in [0.717, 1.165) is 16.0 Å². The standard InChI is InChI=1S/C22H16FN3O2S/c23-16-7-5-15(6-8-16)18-13-24-22(21(25-18)19-2-1-11-29-19)26-20(28)12-14-3-9-17(27)10-4-14/h1-11,13,27H,12H2,(H,24,26,28). The van der Waals surface area contributed by atoms with Gasteiger partial charge in [0.1, 0.15) is 17.3 Å².